The molecule has 2 aromatic carbocycles. The monoisotopic (exact) mass is 329 g/mol. The number of rotatable bonds is 7. The van der Waals surface area contributed by atoms with Crippen LogP contribution in [0.4, 0.5) is 0 Å². The molecular formula is C18H19NO5. The lowest BCUT2D eigenvalue weighted by Gasteiger charge is -2.10. The summed E-state index contributed by atoms with van der Waals surface area (Å²) in [5, 5.41) is 2.83. The molecule has 0 aliphatic carbocycles. The summed E-state index contributed by atoms with van der Waals surface area (Å²) in [6.07, 6.45) is 0.705. The molecule has 6 nitrogen and oxygen atoms in total. The van der Waals surface area contributed by atoms with E-state index in [2.05, 4.69) is 5.32 Å². The first kappa shape index (κ1) is 16.0. The number of hydrogen-bond donors (Lipinski definition) is 1. The van der Waals surface area contributed by atoms with Crippen LogP contribution in [-0.2, 0) is 11.2 Å². The van der Waals surface area contributed by atoms with Crippen molar-refractivity contribution in [3.8, 4) is 23.0 Å². The van der Waals surface area contributed by atoms with Crippen LogP contribution in [0.5, 0.6) is 23.0 Å². The maximum Gasteiger partial charge on any atom is 0.257 e. The van der Waals surface area contributed by atoms with Gasteiger partial charge in [-0.1, -0.05) is 18.2 Å². The lowest BCUT2D eigenvalue weighted by Crippen LogP contribution is -2.30. The molecular weight excluding hydrogens is 310 g/mol. The van der Waals surface area contributed by atoms with Crippen LogP contribution in [0.15, 0.2) is 42.5 Å². The molecule has 6 heteroatoms. The Balaban J connectivity index is 1.43. The minimum atomic E-state index is -0.179. The van der Waals surface area contributed by atoms with Crippen LogP contribution in [0.25, 0.3) is 0 Å². The van der Waals surface area contributed by atoms with E-state index in [0.29, 0.717) is 24.5 Å². The standard InChI is InChI=1S/C18H19NO5/c1-21-14-4-2-3-5-15(14)22-11-18(20)19-9-8-13-6-7-16-17(10-13)24-12-23-16/h2-7,10H,8-9,11-12H2,1H3,(H,19,20). The molecule has 1 aliphatic heterocycles. The fourth-order valence-electron chi connectivity index (χ4n) is 2.38. The fourth-order valence-corrected chi connectivity index (χ4v) is 2.38. The molecule has 1 heterocycles. The van der Waals surface area contributed by atoms with E-state index in [1.807, 2.05) is 30.3 Å². The molecule has 0 saturated heterocycles. The molecule has 0 atom stereocenters. The minimum Gasteiger partial charge on any atom is -0.493 e. The summed E-state index contributed by atoms with van der Waals surface area (Å²) >= 11 is 0. The number of carbonyl (C=O) groups is 1. The highest BCUT2D eigenvalue weighted by Gasteiger charge is 2.13. The lowest BCUT2D eigenvalue weighted by atomic mass is 10.1. The zero-order chi connectivity index (χ0) is 16.8. The number of methoxy groups -OCH3 is 1. The number of nitrogens with one attached hydrogen (secondary N) is 1. The quantitative estimate of drug-likeness (QED) is 0.843. The summed E-state index contributed by atoms with van der Waals surface area (Å²) in [7, 11) is 1.56. The first-order valence-corrected chi connectivity index (χ1v) is 7.67. The average molecular weight is 329 g/mol. The third-order valence-corrected chi connectivity index (χ3v) is 3.60. The Bertz CT molecular complexity index is 716. The second-order valence-corrected chi connectivity index (χ2v) is 5.23. The van der Waals surface area contributed by atoms with E-state index in [4.69, 9.17) is 18.9 Å². The number of fused-ring (bicyclic) bond motifs is 1. The van der Waals surface area contributed by atoms with E-state index >= 15 is 0 Å². The zero-order valence-corrected chi connectivity index (χ0v) is 13.4. The second kappa shape index (κ2) is 7.59. The van der Waals surface area contributed by atoms with Gasteiger partial charge in [0.2, 0.25) is 6.79 Å². The maximum absolute atomic E-state index is 11.9. The van der Waals surface area contributed by atoms with Gasteiger partial charge in [-0.15, -0.1) is 0 Å². The summed E-state index contributed by atoms with van der Waals surface area (Å²) in [4.78, 5) is 11.9. The van der Waals surface area contributed by atoms with Gasteiger partial charge in [-0.25, -0.2) is 0 Å². The van der Waals surface area contributed by atoms with Crippen LogP contribution < -0.4 is 24.3 Å². The van der Waals surface area contributed by atoms with Gasteiger partial charge in [0.05, 0.1) is 7.11 Å². The molecule has 0 bridgehead atoms. The summed E-state index contributed by atoms with van der Waals surface area (Å²) in [6, 6.07) is 13.0. The molecule has 0 spiro atoms. The smallest absolute Gasteiger partial charge is 0.257 e. The highest BCUT2D eigenvalue weighted by Crippen LogP contribution is 2.32. The van der Waals surface area contributed by atoms with E-state index in [1.54, 1.807) is 19.2 Å². The lowest BCUT2D eigenvalue weighted by molar-refractivity contribution is -0.123. The second-order valence-electron chi connectivity index (χ2n) is 5.23. The zero-order valence-electron chi connectivity index (χ0n) is 13.4. The van der Waals surface area contributed by atoms with Crippen molar-refractivity contribution in [3.05, 3.63) is 48.0 Å². The van der Waals surface area contributed by atoms with E-state index in [1.165, 1.54) is 0 Å². The number of amides is 1. The topological polar surface area (TPSA) is 66.0 Å². The fraction of sp³-hybridized carbons (Fsp3) is 0.278. The summed E-state index contributed by atoms with van der Waals surface area (Å²) in [5.41, 5.74) is 1.07. The van der Waals surface area contributed by atoms with Crippen molar-refractivity contribution in [2.24, 2.45) is 0 Å². The van der Waals surface area contributed by atoms with Crippen molar-refractivity contribution in [2.45, 2.75) is 6.42 Å². The van der Waals surface area contributed by atoms with Gasteiger partial charge in [-0.05, 0) is 36.2 Å². The Kier molecular flexibility index (Phi) is 5.05. The van der Waals surface area contributed by atoms with Gasteiger partial charge in [0, 0.05) is 6.54 Å². The first-order valence-electron chi connectivity index (χ1n) is 7.67. The Morgan fingerprint density at radius 2 is 1.92 bits per heavy atom. The van der Waals surface area contributed by atoms with Crippen LogP contribution >= 0.6 is 0 Å². The highest BCUT2D eigenvalue weighted by atomic mass is 16.7. The Morgan fingerprint density at radius 3 is 2.75 bits per heavy atom. The van der Waals surface area contributed by atoms with Crippen LogP contribution in [0.3, 0.4) is 0 Å². The molecule has 0 saturated carbocycles. The average Bonchev–Trinajstić information content (AvgIpc) is 3.08. The molecule has 0 fully saturated rings. The third kappa shape index (κ3) is 3.90. The van der Waals surface area contributed by atoms with Crippen LogP contribution in [-0.4, -0.2) is 33.0 Å². The number of benzene rings is 2. The molecule has 126 valence electrons. The molecule has 0 radical (unpaired) electrons. The molecule has 24 heavy (non-hydrogen) atoms. The van der Waals surface area contributed by atoms with Crippen molar-refractivity contribution >= 4 is 5.91 Å². The maximum atomic E-state index is 11.9. The van der Waals surface area contributed by atoms with E-state index < -0.39 is 0 Å². The number of carbonyl (C=O) groups excluding carboxylic acids is 1. The van der Waals surface area contributed by atoms with Crippen molar-refractivity contribution in [2.75, 3.05) is 27.1 Å². The van der Waals surface area contributed by atoms with Crippen LogP contribution in [0, 0.1) is 0 Å². The number of hydrogen-bond acceptors (Lipinski definition) is 5. The Hall–Kier alpha value is -2.89. The molecule has 3 rings (SSSR count). The van der Waals surface area contributed by atoms with Gasteiger partial charge in [0.25, 0.3) is 5.91 Å². The van der Waals surface area contributed by atoms with E-state index in [9.17, 15) is 4.79 Å². The predicted molar refractivity (Wildman–Crippen MR) is 87.8 cm³/mol. The van der Waals surface area contributed by atoms with Crippen molar-refractivity contribution in [3.63, 3.8) is 0 Å². The van der Waals surface area contributed by atoms with Crippen molar-refractivity contribution in [1.82, 2.24) is 5.32 Å². The molecule has 0 unspecified atom stereocenters. The van der Waals surface area contributed by atoms with Gasteiger partial charge in [0.15, 0.2) is 29.6 Å². The van der Waals surface area contributed by atoms with Crippen LogP contribution in [0.1, 0.15) is 5.56 Å². The third-order valence-electron chi connectivity index (χ3n) is 3.60. The van der Waals surface area contributed by atoms with Gasteiger partial charge >= 0.3 is 0 Å². The highest BCUT2D eigenvalue weighted by molar-refractivity contribution is 5.77. The SMILES string of the molecule is COc1ccccc1OCC(=O)NCCc1ccc2c(c1)OCO2. The molecule has 2 aromatic rings. The predicted octanol–water partition coefficient (Wildman–Crippen LogP) is 2.16. The van der Waals surface area contributed by atoms with Crippen molar-refractivity contribution in [1.29, 1.82) is 0 Å². The Morgan fingerprint density at radius 1 is 1.12 bits per heavy atom. The number of para-hydroxylation sites is 2. The van der Waals surface area contributed by atoms with Gasteiger partial charge in [-0.2, -0.15) is 0 Å². The van der Waals surface area contributed by atoms with Gasteiger partial charge in [0.1, 0.15) is 0 Å². The summed E-state index contributed by atoms with van der Waals surface area (Å²) in [5.74, 6) is 2.48. The Labute approximate surface area is 140 Å². The van der Waals surface area contributed by atoms with Crippen LogP contribution in [0.2, 0.25) is 0 Å². The number of ether oxygens (including phenoxy) is 4. The summed E-state index contributed by atoms with van der Waals surface area (Å²) < 4.78 is 21.3. The summed E-state index contributed by atoms with van der Waals surface area (Å²) in [6.45, 7) is 0.727. The minimum absolute atomic E-state index is 0.0541. The largest absolute Gasteiger partial charge is 0.493 e. The normalized spacial score (nSPS) is 11.9. The van der Waals surface area contributed by atoms with E-state index in [-0.39, 0.29) is 19.3 Å². The van der Waals surface area contributed by atoms with Gasteiger partial charge < -0.3 is 24.3 Å². The van der Waals surface area contributed by atoms with Gasteiger partial charge in [-0.3, -0.25) is 4.79 Å². The van der Waals surface area contributed by atoms with Crippen molar-refractivity contribution < 1.29 is 23.7 Å². The van der Waals surface area contributed by atoms with E-state index in [0.717, 1.165) is 17.1 Å². The molecule has 1 aliphatic rings. The first-order chi connectivity index (χ1) is 11.8. The molecule has 0 aromatic heterocycles. The molecule has 1 amide bonds. The molecule has 1 N–H and O–H groups in total.